The average Bonchev–Trinajstić information content (AvgIpc) is 3.78. The van der Waals surface area contributed by atoms with Gasteiger partial charge in [0.1, 0.15) is 85.1 Å². The lowest BCUT2D eigenvalue weighted by Crippen LogP contribution is -2.67. The third kappa shape index (κ3) is 8.87. The summed E-state index contributed by atoms with van der Waals surface area (Å²) in [5.74, 6) is 3.84. The lowest BCUT2D eigenvalue weighted by atomic mass is 9.44. The van der Waals surface area contributed by atoms with Crippen molar-refractivity contribution in [1.82, 2.24) is 5.32 Å². The van der Waals surface area contributed by atoms with Crippen LogP contribution in [0.25, 0.3) is 0 Å². The van der Waals surface area contributed by atoms with Gasteiger partial charge in [-0.2, -0.15) is 0 Å². The van der Waals surface area contributed by atoms with E-state index in [9.17, 15) is 51.1 Å². The molecule has 6 aliphatic heterocycles. The fourth-order valence-corrected chi connectivity index (χ4v) is 15.9. The summed E-state index contributed by atoms with van der Waals surface area (Å²) in [6.45, 7) is 12.7. The van der Waals surface area contributed by atoms with Gasteiger partial charge in [0.05, 0.1) is 37.6 Å². The van der Waals surface area contributed by atoms with E-state index in [0.717, 1.165) is 45.1 Å². The first kappa shape index (κ1) is 52.6. The van der Waals surface area contributed by atoms with Crippen molar-refractivity contribution >= 4 is 0 Å². The first-order valence-electron chi connectivity index (χ1n) is 26.6. The molecular weight excluding hydrogens is 919 g/mol. The van der Waals surface area contributed by atoms with Gasteiger partial charge in [-0.1, -0.05) is 27.7 Å². The molecule has 70 heavy (non-hydrogen) atoms. The van der Waals surface area contributed by atoms with E-state index in [2.05, 4.69) is 33.0 Å². The number of rotatable bonds is 9. The van der Waals surface area contributed by atoms with Crippen molar-refractivity contribution in [2.24, 2.45) is 52.3 Å². The Hall–Kier alpha value is -0.800. The summed E-state index contributed by atoms with van der Waals surface area (Å²) in [6.07, 6.45) is -18.7. The largest absolute Gasteiger partial charge is 0.394 e. The normalized spacial score (nSPS) is 59.1. The van der Waals surface area contributed by atoms with E-state index in [1.807, 2.05) is 0 Å². The van der Waals surface area contributed by atoms with E-state index in [1.165, 1.54) is 33.1 Å². The summed E-state index contributed by atoms with van der Waals surface area (Å²) in [7, 11) is 0. The number of piperidine rings is 1. The standard InChI is InChI=1S/C50H83NO19/c1-20-9-14-50(51-17-20)21(2)32-30(70-50)16-28-26-8-7-24-15-25(10-12-48(24,5)27(26)11-13-49(28,32)6)65-47-43(68-44-38(59)35(56)29(53)19-62-44)40(61)41(31(18-52)66-47)67-46-42(37(58)34(55)23(4)64-46)69-45-39(60)36(57)33(54)22(3)63-45/h20-47,51-61H,7-19H2,1-6H3/t20-,21+,22+,23+,24?,25+,26-,27+,28+,29+,30+,31-,32+,33+,34+,35-,36-,37-,38+,39-,40+,41-,42-,43-,44+,45+,46+,47-,48+,49+,50-/m1/s1. The highest BCUT2D eigenvalue weighted by Gasteiger charge is 2.69. The molecule has 4 saturated carbocycles. The van der Waals surface area contributed by atoms with Crippen LogP contribution < -0.4 is 5.32 Å². The number of ether oxygens (including phenoxy) is 9. The molecule has 0 aromatic rings. The molecule has 402 valence electrons. The average molecular weight is 1000 g/mol. The smallest absolute Gasteiger partial charge is 0.187 e. The SMILES string of the molecule is C[C@@H]1CC[C@@]2(NC1)O[C@H]1C[C@H]3[C@@H]4CCC5C[C@@H](O[C@@H]6O[C@H](CO)[C@@H](O[C@@H]7O[C@@H](C)[C@H](O)[C@@H](O)[C@H]7O[C@@H]7O[C@@H](C)[C@H](O)[C@@H](O)[C@H]7O)[C@H](O)[C@H]6O[C@@H]6OC[C@H](O)[C@@H](O)[C@@H]6O)CC[C@]5(C)[C@H]4CC[C@]3(C)[C@H]1[C@@H]2C. The van der Waals surface area contributed by atoms with Crippen LogP contribution in [0.1, 0.15) is 106 Å². The van der Waals surface area contributed by atoms with Gasteiger partial charge in [-0.15, -0.1) is 0 Å². The topological polar surface area (TPSA) is 297 Å². The Balaban J connectivity index is 0.845. The van der Waals surface area contributed by atoms with Crippen LogP contribution >= 0.6 is 0 Å². The van der Waals surface area contributed by atoms with Gasteiger partial charge in [-0.05, 0) is 124 Å². The maximum absolute atomic E-state index is 12.3. The second-order valence-electron chi connectivity index (χ2n) is 24.0. The predicted molar refractivity (Wildman–Crippen MR) is 241 cm³/mol. The summed E-state index contributed by atoms with van der Waals surface area (Å²) in [5, 5.41) is 113. The molecule has 20 heteroatoms. The zero-order valence-corrected chi connectivity index (χ0v) is 41.5. The fourth-order valence-electron chi connectivity index (χ4n) is 15.9. The van der Waals surface area contributed by atoms with Crippen LogP contribution in [0.2, 0.25) is 0 Å². The van der Waals surface area contributed by atoms with E-state index in [4.69, 9.17) is 42.6 Å². The second kappa shape index (κ2) is 20.0. The van der Waals surface area contributed by atoms with Gasteiger partial charge in [-0.25, -0.2) is 0 Å². The minimum absolute atomic E-state index is 0.0888. The third-order valence-corrected chi connectivity index (χ3v) is 20.1. The summed E-state index contributed by atoms with van der Waals surface area (Å²) in [4.78, 5) is 0. The van der Waals surface area contributed by atoms with Gasteiger partial charge in [0.25, 0.3) is 0 Å². The number of hydrogen-bond donors (Lipinski definition) is 11. The first-order valence-corrected chi connectivity index (χ1v) is 26.6. The fraction of sp³-hybridized carbons (Fsp3) is 1.00. The highest BCUT2D eigenvalue weighted by molar-refractivity contribution is 5.16. The second-order valence-corrected chi connectivity index (χ2v) is 24.0. The first-order chi connectivity index (χ1) is 33.2. The van der Waals surface area contributed by atoms with Gasteiger partial charge < -0.3 is 93.7 Å². The summed E-state index contributed by atoms with van der Waals surface area (Å²) in [6, 6.07) is 0. The Morgan fingerprint density at radius 2 is 1.21 bits per heavy atom. The lowest BCUT2D eigenvalue weighted by Gasteiger charge is -2.61. The van der Waals surface area contributed by atoms with E-state index in [-0.39, 0.29) is 35.4 Å². The zero-order chi connectivity index (χ0) is 49.9. The summed E-state index contributed by atoms with van der Waals surface area (Å²) in [5.41, 5.74) is 0.128. The molecule has 6 heterocycles. The molecule has 6 saturated heterocycles. The Bertz CT molecular complexity index is 1800. The Kier molecular flexibility index (Phi) is 15.0. The summed E-state index contributed by atoms with van der Waals surface area (Å²) >= 11 is 0. The molecule has 1 unspecified atom stereocenters. The molecule has 10 rings (SSSR count). The van der Waals surface area contributed by atoms with Crippen LogP contribution in [0.3, 0.4) is 0 Å². The number of aliphatic hydroxyl groups is 10. The van der Waals surface area contributed by atoms with Crippen LogP contribution in [0.15, 0.2) is 0 Å². The van der Waals surface area contributed by atoms with Crippen LogP contribution in [-0.4, -0.2) is 205 Å². The number of nitrogens with one attached hydrogen (secondary N) is 1. The van der Waals surface area contributed by atoms with Crippen LogP contribution in [0.4, 0.5) is 0 Å². The lowest BCUT2D eigenvalue weighted by molar-refractivity contribution is -0.398. The van der Waals surface area contributed by atoms with Crippen molar-refractivity contribution in [2.45, 2.75) is 240 Å². The van der Waals surface area contributed by atoms with E-state index in [0.29, 0.717) is 47.8 Å². The molecule has 10 aliphatic rings. The van der Waals surface area contributed by atoms with Crippen molar-refractivity contribution in [1.29, 1.82) is 0 Å². The third-order valence-electron chi connectivity index (χ3n) is 20.1. The summed E-state index contributed by atoms with van der Waals surface area (Å²) < 4.78 is 56.1. The minimum Gasteiger partial charge on any atom is -0.394 e. The van der Waals surface area contributed by atoms with E-state index >= 15 is 0 Å². The quantitative estimate of drug-likeness (QED) is 0.128. The van der Waals surface area contributed by atoms with E-state index < -0.39 is 123 Å². The molecule has 1 spiro atoms. The number of hydrogen-bond acceptors (Lipinski definition) is 20. The molecule has 10 fully saturated rings. The van der Waals surface area contributed by atoms with Gasteiger partial charge in [0.2, 0.25) is 0 Å². The predicted octanol–water partition coefficient (Wildman–Crippen LogP) is -0.642. The molecule has 4 aliphatic carbocycles. The molecule has 0 radical (unpaired) electrons. The Morgan fingerprint density at radius 3 is 1.93 bits per heavy atom. The highest BCUT2D eigenvalue weighted by atomic mass is 16.8. The van der Waals surface area contributed by atoms with Gasteiger partial charge >= 0.3 is 0 Å². The van der Waals surface area contributed by atoms with Crippen LogP contribution in [0.5, 0.6) is 0 Å². The molecule has 11 N–H and O–H groups in total. The van der Waals surface area contributed by atoms with Crippen molar-refractivity contribution < 1.29 is 93.7 Å². The molecule has 0 amide bonds. The van der Waals surface area contributed by atoms with E-state index in [1.54, 1.807) is 0 Å². The molecule has 0 aromatic heterocycles. The molecule has 31 atom stereocenters. The molecule has 20 nitrogen and oxygen atoms in total. The van der Waals surface area contributed by atoms with Crippen molar-refractivity contribution in [3.63, 3.8) is 0 Å². The monoisotopic (exact) mass is 1000 g/mol. The Morgan fingerprint density at radius 1 is 0.571 bits per heavy atom. The van der Waals surface area contributed by atoms with Gasteiger partial charge in [-0.3, -0.25) is 5.32 Å². The highest BCUT2D eigenvalue weighted by Crippen LogP contribution is 2.71. The van der Waals surface area contributed by atoms with Crippen LogP contribution in [0, 0.1) is 52.3 Å². The van der Waals surface area contributed by atoms with Gasteiger partial charge in [0, 0.05) is 12.5 Å². The molecular formula is C50H83NO19. The molecule has 0 aromatic carbocycles. The van der Waals surface area contributed by atoms with Crippen molar-refractivity contribution in [3.05, 3.63) is 0 Å². The minimum atomic E-state index is -1.79. The number of fused-ring (bicyclic) bond motifs is 7. The van der Waals surface area contributed by atoms with Crippen LogP contribution in [-0.2, 0) is 42.6 Å². The van der Waals surface area contributed by atoms with Gasteiger partial charge in [0.15, 0.2) is 25.2 Å². The maximum atomic E-state index is 12.3. The zero-order valence-electron chi connectivity index (χ0n) is 41.5. The maximum Gasteiger partial charge on any atom is 0.187 e. The number of aliphatic hydroxyl groups excluding tert-OH is 10. The van der Waals surface area contributed by atoms with Crippen molar-refractivity contribution in [3.8, 4) is 0 Å². The van der Waals surface area contributed by atoms with Crippen molar-refractivity contribution in [2.75, 3.05) is 19.8 Å². The molecule has 0 bridgehead atoms. The Labute approximate surface area is 410 Å².